The van der Waals surface area contributed by atoms with Crippen molar-refractivity contribution >= 4 is 23.3 Å². The number of ether oxygens (including phenoxy) is 1. The maximum Gasteiger partial charge on any atom is 0.321 e. The van der Waals surface area contributed by atoms with E-state index in [9.17, 15) is 4.79 Å². The van der Waals surface area contributed by atoms with Gasteiger partial charge in [0.25, 0.3) is 0 Å². The van der Waals surface area contributed by atoms with Crippen LogP contribution in [-0.2, 0) is 6.42 Å². The Morgan fingerprint density at radius 2 is 1.96 bits per heavy atom. The fourth-order valence-corrected chi connectivity index (χ4v) is 2.50. The number of anilines is 1. The molecule has 1 N–H and O–H groups in total. The molecule has 0 atom stereocenters. The van der Waals surface area contributed by atoms with E-state index in [2.05, 4.69) is 30.4 Å². The molecule has 0 aliphatic heterocycles. The molecule has 24 heavy (non-hydrogen) atoms. The molecule has 0 saturated heterocycles. The Morgan fingerprint density at radius 1 is 1.21 bits per heavy atom. The van der Waals surface area contributed by atoms with Crippen LogP contribution in [0.2, 0.25) is 5.02 Å². The number of urea groups is 1. The van der Waals surface area contributed by atoms with E-state index in [0.717, 1.165) is 12.8 Å². The minimum atomic E-state index is -0.196. The van der Waals surface area contributed by atoms with Crippen molar-refractivity contribution in [2.24, 2.45) is 0 Å². The highest BCUT2D eigenvalue weighted by Gasteiger charge is 2.07. The van der Waals surface area contributed by atoms with E-state index in [1.54, 1.807) is 32.3 Å². The zero-order valence-electron chi connectivity index (χ0n) is 14.3. The Kier molecular flexibility index (Phi) is 6.50. The van der Waals surface area contributed by atoms with Crippen molar-refractivity contribution in [3.05, 3.63) is 58.6 Å². The molecular formula is C19H23ClN2O2. The summed E-state index contributed by atoms with van der Waals surface area (Å²) in [6.07, 6.45) is 1.89. The Bertz CT molecular complexity index is 702. The molecule has 0 heterocycles. The number of nitrogens with one attached hydrogen (secondary N) is 1. The SMILES string of the molecule is Cc1ccccc1CCCOc1ccc(NC(=O)N(C)C)cc1Cl. The average molecular weight is 347 g/mol. The maximum atomic E-state index is 11.6. The van der Waals surface area contributed by atoms with Gasteiger partial charge in [-0.15, -0.1) is 0 Å². The first-order valence-electron chi connectivity index (χ1n) is 7.92. The summed E-state index contributed by atoms with van der Waals surface area (Å²) in [5.74, 6) is 0.629. The van der Waals surface area contributed by atoms with E-state index >= 15 is 0 Å². The number of halogens is 1. The number of carbonyl (C=O) groups excluding carboxylic acids is 1. The second-order valence-corrected chi connectivity index (χ2v) is 6.26. The zero-order valence-corrected chi connectivity index (χ0v) is 15.1. The molecule has 0 spiro atoms. The highest BCUT2D eigenvalue weighted by molar-refractivity contribution is 6.32. The maximum absolute atomic E-state index is 11.6. The van der Waals surface area contributed by atoms with Crippen LogP contribution in [0.4, 0.5) is 10.5 Å². The van der Waals surface area contributed by atoms with E-state index < -0.39 is 0 Å². The fraction of sp³-hybridized carbons (Fsp3) is 0.316. The summed E-state index contributed by atoms with van der Waals surface area (Å²) in [4.78, 5) is 13.1. The predicted octanol–water partition coefficient (Wildman–Crippen LogP) is 4.75. The number of aryl methyl sites for hydroxylation is 2. The van der Waals surface area contributed by atoms with Gasteiger partial charge in [0.05, 0.1) is 11.6 Å². The number of hydrogen-bond donors (Lipinski definition) is 1. The standard InChI is InChI=1S/C19H23ClN2O2/c1-14-7-4-5-8-15(14)9-6-12-24-18-11-10-16(13-17(18)20)21-19(23)22(2)3/h4-5,7-8,10-11,13H,6,9,12H2,1-3H3,(H,21,23). The Balaban J connectivity index is 1.85. The van der Waals surface area contributed by atoms with Gasteiger partial charge in [-0.1, -0.05) is 35.9 Å². The molecule has 0 aromatic heterocycles. The smallest absolute Gasteiger partial charge is 0.321 e. The van der Waals surface area contributed by atoms with Crippen LogP contribution in [0.15, 0.2) is 42.5 Å². The van der Waals surface area contributed by atoms with E-state index in [-0.39, 0.29) is 6.03 Å². The van der Waals surface area contributed by atoms with Gasteiger partial charge in [0.1, 0.15) is 5.75 Å². The molecule has 4 nitrogen and oxygen atoms in total. The summed E-state index contributed by atoms with van der Waals surface area (Å²) in [6.45, 7) is 2.71. The van der Waals surface area contributed by atoms with Crippen molar-refractivity contribution < 1.29 is 9.53 Å². The van der Waals surface area contributed by atoms with Gasteiger partial charge >= 0.3 is 6.03 Å². The normalized spacial score (nSPS) is 10.3. The molecule has 0 saturated carbocycles. The first-order chi connectivity index (χ1) is 11.5. The topological polar surface area (TPSA) is 41.6 Å². The lowest BCUT2D eigenvalue weighted by Crippen LogP contribution is -2.27. The van der Waals surface area contributed by atoms with Crippen LogP contribution >= 0.6 is 11.6 Å². The summed E-state index contributed by atoms with van der Waals surface area (Å²) < 4.78 is 5.75. The lowest BCUT2D eigenvalue weighted by atomic mass is 10.0. The predicted molar refractivity (Wildman–Crippen MR) is 99.2 cm³/mol. The molecule has 0 aliphatic carbocycles. The third-order valence-corrected chi connectivity index (χ3v) is 3.99. The van der Waals surface area contributed by atoms with Gasteiger partial charge in [0, 0.05) is 19.8 Å². The molecule has 0 radical (unpaired) electrons. The third kappa shape index (κ3) is 5.17. The molecule has 0 bridgehead atoms. The number of rotatable bonds is 6. The summed E-state index contributed by atoms with van der Waals surface area (Å²) >= 11 is 6.22. The second kappa shape index (κ2) is 8.60. The first-order valence-corrected chi connectivity index (χ1v) is 8.30. The van der Waals surface area contributed by atoms with Crippen molar-refractivity contribution in [2.45, 2.75) is 19.8 Å². The lowest BCUT2D eigenvalue weighted by molar-refractivity contribution is 0.230. The quantitative estimate of drug-likeness (QED) is 0.766. The second-order valence-electron chi connectivity index (χ2n) is 5.85. The van der Waals surface area contributed by atoms with Crippen molar-refractivity contribution in [3.63, 3.8) is 0 Å². The van der Waals surface area contributed by atoms with Crippen LogP contribution in [0.5, 0.6) is 5.75 Å². The van der Waals surface area contributed by atoms with Crippen molar-refractivity contribution in [2.75, 3.05) is 26.0 Å². The molecule has 0 unspecified atom stereocenters. The van der Waals surface area contributed by atoms with Crippen LogP contribution < -0.4 is 10.1 Å². The third-order valence-electron chi connectivity index (χ3n) is 3.70. The molecular weight excluding hydrogens is 324 g/mol. The van der Waals surface area contributed by atoms with Gasteiger partial charge in [0.15, 0.2) is 0 Å². The minimum absolute atomic E-state index is 0.196. The number of benzene rings is 2. The van der Waals surface area contributed by atoms with Gasteiger partial charge in [-0.2, -0.15) is 0 Å². The Hall–Kier alpha value is -2.20. The van der Waals surface area contributed by atoms with Gasteiger partial charge in [-0.25, -0.2) is 4.79 Å². The molecule has 0 fully saturated rings. The largest absolute Gasteiger partial charge is 0.492 e. The Morgan fingerprint density at radius 3 is 2.62 bits per heavy atom. The van der Waals surface area contributed by atoms with Crippen LogP contribution in [0.3, 0.4) is 0 Å². The van der Waals surface area contributed by atoms with Crippen molar-refractivity contribution in [3.8, 4) is 5.75 Å². The molecule has 2 aromatic rings. The molecule has 2 rings (SSSR count). The van der Waals surface area contributed by atoms with Crippen molar-refractivity contribution in [1.29, 1.82) is 0 Å². The van der Waals surface area contributed by atoms with Crippen LogP contribution in [-0.4, -0.2) is 31.6 Å². The van der Waals surface area contributed by atoms with Crippen LogP contribution in [0.1, 0.15) is 17.5 Å². The summed E-state index contributed by atoms with van der Waals surface area (Å²) in [5, 5.41) is 3.24. The summed E-state index contributed by atoms with van der Waals surface area (Å²) in [5.41, 5.74) is 3.29. The van der Waals surface area contributed by atoms with Crippen LogP contribution in [0.25, 0.3) is 0 Å². The number of amides is 2. The number of hydrogen-bond acceptors (Lipinski definition) is 2. The van der Waals surface area contributed by atoms with E-state index in [1.165, 1.54) is 16.0 Å². The average Bonchev–Trinajstić information content (AvgIpc) is 2.54. The molecule has 2 amide bonds. The van der Waals surface area contributed by atoms with Gasteiger partial charge in [-0.3, -0.25) is 0 Å². The lowest BCUT2D eigenvalue weighted by Gasteiger charge is -2.13. The monoisotopic (exact) mass is 346 g/mol. The number of nitrogens with zero attached hydrogens (tertiary/aromatic N) is 1. The molecule has 0 aliphatic rings. The van der Waals surface area contributed by atoms with Gasteiger partial charge in [0.2, 0.25) is 0 Å². The molecule has 2 aromatic carbocycles. The van der Waals surface area contributed by atoms with E-state index in [4.69, 9.17) is 16.3 Å². The highest BCUT2D eigenvalue weighted by atomic mass is 35.5. The van der Waals surface area contributed by atoms with E-state index in [1.807, 2.05) is 6.07 Å². The summed E-state index contributed by atoms with van der Waals surface area (Å²) in [7, 11) is 3.37. The minimum Gasteiger partial charge on any atom is -0.492 e. The molecule has 128 valence electrons. The highest BCUT2D eigenvalue weighted by Crippen LogP contribution is 2.28. The first kappa shape index (κ1) is 18.1. The van der Waals surface area contributed by atoms with Crippen LogP contribution in [0, 0.1) is 6.92 Å². The molecule has 5 heteroatoms. The van der Waals surface area contributed by atoms with Crippen molar-refractivity contribution in [1.82, 2.24) is 4.90 Å². The van der Waals surface area contributed by atoms with E-state index in [0.29, 0.717) is 23.1 Å². The fourth-order valence-electron chi connectivity index (χ4n) is 2.27. The number of carbonyl (C=O) groups is 1. The van der Waals surface area contributed by atoms with Gasteiger partial charge in [-0.05, 0) is 49.1 Å². The summed E-state index contributed by atoms with van der Waals surface area (Å²) in [6, 6.07) is 13.4. The Labute approximate surface area is 148 Å². The zero-order chi connectivity index (χ0) is 17.5. The van der Waals surface area contributed by atoms with Gasteiger partial charge < -0.3 is 15.0 Å².